The van der Waals surface area contributed by atoms with Gasteiger partial charge in [-0.3, -0.25) is 4.79 Å². The van der Waals surface area contributed by atoms with Crippen LogP contribution >= 0.6 is 23.4 Å². The molecular weight excluding hydrogens is 332 g/mol. The molecule has 1 N–H and O–H groups in total. The summed E-state index contributed by atoms with van der Waals surface area (Å²) >= 11 is 7.27. The molecule has 3 rings (SSSR count). The zero-order chi connectivity index (χ0) is 16.2. The smallest absolute Gasteiger partial charge is 0.257 e. The zero-order valence-corrected chi connectivity index (χ0v) is 13.8. The quantitative estimate of drug-likeness (QED) is 0.730. The van der Waals surface area contributed by atoms with E-state index in [1.807, 2.05) is 42.1 Å². The van der Waals surface area contributed by atoms with Crippen molar-refractivity contribution < 1.29 is 4.79 Å². The number of amides is 1. The molecule has 0 fully saturated rings. The number of hydrogen-bond acceptors (Lipinski definition) is 4. The molecule has 1 aromatic carbocycles. The van der Waals surface area contributed by atoms with Gasteiger partial charge in [-0.05, 0) is 36.4 Å². The maximum absolute atomic E-state index is 12.1. The van der Waals surface area contributed by atoms with E-state index in [4.69, 9.17) is 11.6 Å². The maximum Gasteiger partial charge on any atom is 0.257 e. The van der Waals surface area contributed by atoms with Crippen molar-refractivity contribution in [1.82, 2.24) is 14.5 Å². The molecule has 0 saturated heterocycles. The van der Waals surface area contributed by atoms with Gasteiger partial charge in [-0.25, -0.2) is 9.97 Å². The summed E-state index contributed by atoms with van der Waals surface area (Å²) in [5, 5.41) is 4.09. The number of halogens is 1. The van der Waals surface area contributed by atoms with E-state index < -0.39 is 0 Å². The summed E-state index contributed by atoms with van der Waals surface area (Å²) in [7, 11) is 1.95. The summed E-state index contributed by atoms with van der Waals surface area (Å²) in [6, 6.07) is 10.8. The lowest BCUT2D eigenvalue weighted by atomic mass is 10.2. The van der Waals surface area contributed by atoms with Gasteiger partial charge in [0.05, 0.1) is 5.56 Å². The number of imidazole rings is 1. The number of anilines is 1. The van der Waals surface area contributed by atoms with Gasteiger partial charge in [0.1, 0.15) is 5.15 Å². The first kappa shape index (κ1) is 15.6. The highest BCUT2D eigenvalue weighted by Crippen LogP contribution is 2.26. The van der Waals surface area contributed by atoms with Gasteiger partial charge in [-0.1, -0.05) is 23.4 Å². The van der Waals surface area contributed by atoms with E-state index in [-0.39, 0.29) is 5.91 Å². The minimum atomic E-state index is -0.223. The summed E-state index contributed by atoms with van der Waals surface area (Å²) in [6.07, 6.45) is 5.11. The molecule has 0 aliphatic carbocycles. The molecule has 2 heterocycles. The number of nitrogens with zero attached hydrogens (tertiary/aromatic N) is 3. The SMILES string of the molecule is Cn1ccnc1Sc1ccc(NC(=O)c2ccc(Cl)nc2)cc1. The van der Waals surface area contributed by atoms with Crippen molar-refractivity contribution in [2.45, 2.75) is 10.1 Å². The van der Waals surface area contributed by atoms with Crippen molar-refractivity contribution in [3.05, 3.63) is 65.7 Å². The lowest BCUT2D eigenvalue weighted by Crippen LogP contribution is -2.11. The van der Waals surface area contributed by atoms with E-state index in [0.29, 0.717) is 16.4 Å². The van der Waals surface area contributed by atoms with Gasteiger partial charge < -0.3 is 9.88 Å². The van der Waals surface area contributed by atoms with Gasteiger partial charge in [-0.2, -0.15) is 0 Å². The highest BCUT2D eigenvalue weighted by Gasteiger charge is 2.07. The van der Waals surface area contributed by atoms with Crippen molar-refractivity contribution in [1.29, 1.82) is 0 Å². The average Bonchev–Trinajstić information content (AvgIpc) is 2.95. The number of carbonyl (C=O) groups excluding carboxylic acids is 1. The van der Waals surface area contributed by atoms with Crippen LogP contribution in [0.25, 0.3) is 0 Å². The lowest BCUT2D eigenvalue weighted by Gasteiger charge is -2.06. The third-order valence-corrected chi connectivity index (χ3v) is 4.40. The second-order valence-corrected chi connectivity index (χ2v) is 6.20. The molecule has 2 aromatic heterocycles. The lowest BCUT2D eigenvalue weighted by molar-refractivity contribution is 0.102. The molecule has 0 aliphatic rings. The zero-order valence-electron chi connectivity index (χ0n) is 12.2. The Balaban J connectivity index is 1.66. The van der Waals surface area contributed by atoms with Crippen LogP contribution in [0.15, 0.2) is 65.0 Å². The van der Waals surface area contributed by atoms with Gasteiger partial charge in [0.25, 0.3) is 5.91 Å². The van der Waals surface area contributed by atoms with Crippen LogP contribution in [0.3, 0.4) is 0 Å². The largest absolute Gasteiger partial charge is 0.329 e. The van der Waals surface area contributed by atoms with Crippen molar-refractivity contribution >= 4 is 35.0 Å². The molecule has 0 bridgehead atoms. The first-order chi connectivity index (χ1) is 11.1. The van der Waals surface area contributed by atoms with E-state index in [1.54, 1.807) is 30.1 Å². The van der Waals surface area contributed by atoms with Crippen LogP contribution in [-0.2, 0) is 7.05 Å². The number of aryl methyl sites for hydroxylation is 1. The first-order valence-corrected chi connectivity index (χ1v) is 7.99. The topological polar surface area (TPSA) is 59.8 Å². The van der Waals surface area contributed by atoms with E-state index >= 15 is 0 Å². The van der Waals surface area contributed by atoms with E-state index in [2.05, 4.69) is 15.3 Å². The Morgan fingerprint density at radius 3 is 2.57 bits per heavy atom. The van der Waals surface area contributed by atoms with E-state index in [0.717, 1.165) is 10.1 Å². The second-order valence-electron chi connectivity index (χ2n) is 4.77. The third kappa shape index (κ3) is 3.91. The van der Waals surface area contributed by atoms with Crippen LogP contribution in [0.4, 0.5) is 5.69 Å². The summed E-state index contributed by atoms with van der Waals surface area (Å²) in [5.74, 6) is -0.223. The molecular formula is C16H13ClN4OS. The minimum absolute atomic E-state index is 0.223. The van der Waals surface area contributed by atoms with Crippen LogP contribution < -0.4 is 5.32 Å². The Hall–Kier alpha value is -2.31. The summed E-state index contributed by atoms with van der Waals surface area (Å²) in [4.78, 5) is 21.3. The predicted molar refractivity (Wildman–Crippen MR) is 91.0 cm³/mol. The van der Waals surface area contributed by atoms with Crippen molar-refractivity contribution in [2.75, 3.05) is 5.32 Å². The molecule has 116 valence electrons. The number of pyridine rings is 1. The number of rotatable bonds is 4. The Bertz CT molecular complexity index is 815. The molecule has 0 unspecified atom stereocenters. The van der Waals surface area contributed by atoms with Gasteiger partial charge in [0, 0.05) is 36.2 Å². The van der Waals surface area contributed by atoms with Crippen LogP contribution in [0, 0.1) is 0 Å². The Kier molecular flexibility index (Phi) is 4.64. The molecule has 0 aliphatic heterocycles. The number of nitrogens with one attached hydrogen (secondary N) is 1. The van der Waals surface area contributed by atoms with Gasteiger partial charge >= 0.3 is 0 Å². The first-order valence-electron chi connectivity index (χ1n) is 6.80. The molecule has 0 atom stereocenters. The summed E-state index contributed by atoms with van der Waals surface area (Å²) in [6.45, 7) is 0. The number of carbonyl (C=O) groups is 1. The Morgan fingerprint density at radius 1 is 1.17 bits per heavy atom. The Morgan fingerprint density at radius 2 is 1.96 bits per heavy atom. The van der Waals surface area contributed by atoms with Crippen LogP contribution in [0.1, 0.15) is 10.4 Å². The highest BCUT2D eigenvalue weighted by atomic mass is 35.5. The molecule has 23 heavy (non-hydrogen) atoms. The predicted octanol–water partition coefficient (Wildman–Crippen LogP) is 3.87. The van der Waals surface area contributed by atoms with Gasteiger partial charge in [0.15, 0.2) is 5.16 Å². The minimum Gasteiger partial charge on any atom is -0.329 e. The second kappa shape index (κ2) is 6.85. The fourth-order valence-electron chi connectivity index (χ4n) is 1.88. The third-order valence-electron chi connectivity index (χ3n) is 3.09. The normalized spacial score (nSPS) is 10.5. The number of benzene rings is 1. The maximum atomic E-state index is 12.1. The molecule has 3 aromatic rings. The number of aromatic nitrogens is 3. The van der Waals surface area contributed by atoms with E-state index in [1.165, 1.54) is 6.20 Å². The van der Waals surface area contributed by atoms with Crippen LogP contribution in [0.2, 0.25) is 5.15 Å². The fourth-order valence-corrected chi connectivity index (χ4v) is 2.79. The molecule has 5 nitrogen and oxygen atoms in total. The molecule has 0 spiro atoms. The molecule has 0 saturated carbocycles. The van der Waals surface area contributed by atoms with E-state index in [9.17, 15) is 4.79 Å². The van der Waals surface area contributed by atoms with Gasteiger partial charge in [0.2, 0.25) is 0 Å². The van der Waals surface area contributed by atoms with Crippen LogP contribution in [0.5, 0.6) is 0 Å². The van der Waals surface area contributed by atoms with Crippen molar-refractivity contribution in [3.8, 4) is 0 Å². The van der Waals surface area contributed by atoms with Crippen molar-refractivity contribution in [2.24, 2.45) is 7.05 Å². The van der Waals surface area contributed by atoms with Crippen molar-refractivity contribution in [3.63, 3.8) is 0 Å². The summed E-state index contributed by atoms with van der Waals surface area (Å²) < 4.78 is 1.95. The number of hydrogen-bond donors (Lipinski definition) is 1. The monoisotopic (exact) mass is 344 g/mol. The molecule has 7 heteroatoms. The summed E-state index contributed by atoms with van der Waals surface area (Å²) in [5.41, 5.74) is 1.18. The average molecular weight is 345 g/mol. The fraction of sp³-hybridized carbons (Fsp3) is 0.0625. The van der Waals surface area contributed by atoms with Crippen LogP contribution in [-0.4, -0.2) is 20.4 Å². The molecule has 0 radical (unpaired) electrons. The molecule has 1 amide bonds. The highest BCUT2D eigenvalue weighted by molar-refractivity contribution is 7.99. The van der Waals surface area contributed by atoms with Gasteiger partial charge in [-0.15, -0.1) is 0 Å². The standard InChI is InChI=1S/C16H13ClN4OS/c1-21-9-8-18-16(21)23-13-5-3-12(4-6-13)20-15(22)11-2-7-14(17)19-10-11/h2-10H,1H3,(H,20,22). The Labute approximate surface area is 142 Å².